The van der Waals surface area contributed by atoms with Crippen LogP contribution in [0.1, 0.15) is 65.2 Å². The van der Waals surface area contributed by atoms with Gasteiger partial charge in [-0.05, 0) is 25.7 Å². The number of hydrogen-bond acceptors (Lipinski definition) is 6. The van der Waals surface area contributed by atoms with E-state index in [0.717, 1.165) is 0 Å². The Morgan fingerprint density at radius 2 is 1.10 bits per heavy atom. The fraction of sp³-hybridized carbons (Fsp3) is 0.524. The van der Waals surface area contributed by atoms with E-state index in [2.05, 4.69) is 0 Å². The summed E-state index contributed by atoms with van der Waals surface area (Å²) < 4.78 is 10.6. The third-order valence-corrected chi connectivity index (χ3v) is 5.51. The topological polar surface area (TPSA) is 127 Å². The van der Waals surface area contributed by atoms with Crippen LogP contribution in [0.3, 0.4) is 0 Å². The fourth-order valence-corrected chi connectivity index (χ4v) is 3.05. The number of ether oxygens (including phenoxy) is 2. The van der Waals surface area contributed by atoms with Crippen LogP contribution < -0.4 is 0 Å². The average molecular weight is 408 g/mol. The molecule has 160 valence electrons. The highest BCUT2D eigenvalue weighted by molar-refractivity contribution is 6.00. The zero-order valence-electron chi connectivity index (χ0n) is 17.1. The number of benzene rings is 1. The molecule has 0 aromatic heterocycles. The lowest BCUT2D eigenvalue weighted by molar-refractivity contribution is -0.207. The van der Waals surface area contributed by atoms with Gasteiger partial charge in [0.1, 0.15) is 0 Å². The highest BCUT2D eigenvalue weighted by atomic mass is 16.7. The Morgan fingerprint density at radius 3 is 1.38 bits per heavy atom. The van der Waals surface area contributed by atoms with Crippen LogP contribution in [0.4, 0.5) is 0 Å². The molecule has 0 aliphatic carbocycles. The summed E-state index contributed by atoms with van der Waals surface area (Å²) >= 11 is 0. The Kier molecular flexibility index (Phi) is 8.36. The molecule has 0 saturated carbocycles. The van der Waals surface area contributed by atoms with Crippen molar-refractivity contribution in [3.05, 3.63) is 35.9 Å². The molecule has 29 heavy (non-hydrogen) atoms. The lowest BCUT2D eigenvalue weighted by atomic mass is 9.82. The van der Waals surface area contributed by atoms with Gasteiger partial charge in [-0.1, -0.05) is 58.0 Å². The molecule has 0 fully saturated rings. The summed E-state index contributed by atoms with van der Waals surface area (Å²) in [7, 11) is 0. The van der Waals surface area contributed by atoms with Gasteiger partial charge in [0, 0.05) is 5.56 Å². The van der Waals surface area contributed by atoms with E-state index < -0.39 is 41.0 Å². The molecule has 0 atom stereocenters. The predicted octanol–water partition coefficient (Wildman–Crippen LogP) is 3.55. The van der Waals surface area contributed by atoms with Crippen molar-refractivity contribution in [2.45, 2.75) is 59.7 Å². The van der Waals surface area contributed by atoms with Gasteiger partial charge in [0.05, 0.1) is 0 Å². The maximum atomic E-state index is 12.7. The van der Waals surface area contributed by atoms with Crippen LogP contribution in [-0.2, 0) is 28.7 Å². The molecule has 1 aromatic rings. The normalized spacial score (nSPS) is 11.8. The number of hydrogen-bond donors (Lipinski definition) is 2. The molecular formula is C21H28O8. The molecule has 0 bridgehead atoms. The van der Waals surface area contributed by atoms with Gasteiger partial charge in [-0.3, -0.25) is 19.2 Å². The molecule has 0 aliphatic rings. The van der Waals surface area contributed by atoms with E-state index in [4.69, 9.17) is 9.47 Å². The van der Waals surface area contributed by atoms with Gasteiger partial charge in [-0.15, -0.1) is 0 Å². The van der Waals surface area contributed by atoms with E-state index in [1.807, 2.05) is 0 Å². The molecule has 0 amide bonds. The first kappa shape index (κ1) is 24.1. The average Bonchev–Trinajstić information content (AvgIpc) is 2.70. The zero-order valence-corrected chi connectivity index (χ0v) is 17.1. The van der Waals surface area contributed by atoms with Crippen LogP contribution >= 0.6 is 0 Å². The summed E-state index contributed by atoms with van der Waals surface area (Å²) in [4.78, 5) is 48.9. The van der Waals surface area contributed by atoms with Gasteiger partial charge in [0.2, 0.25) is 0 Å². The van der Waals surface area contributed by atoms with Crippen molar-refractivity contribution in [2.75, 3.05) is 0 Å². The van der Waals surface area contributed by atoms with Gasteiger partial charge in [-0.25, -0.2) is 0 Å². The van der Waals surface area contributed by atoms with Gasteiger partial charge in [-0.2, -0.15) is 0 Å². The molecule has 8 nitrogen and oxygen atoms in total. The Morgan fingerprint density at radius 1 is 0.759 bits per heavy atom. The number of carbonyl (C=O) groups is 4. The summed E-state index contributed by atoms with van der Waals surface area (Å²) in [5.41, 5.74) is -3.30. The Balaban J connectivity index is 3.30. The second kappa shape index (κ2) is 10.0. The van der Waals surface area contributed by atoms with E-state index in [9.17, 15) is 29.4 Å². The Bertz CT molecular complexity index is 688. The quantitative estimate of drug-likeness (QED) is 0.323. The molecule has 0 spiro atoms. The van der Waals surface area contributed by atoms with Gasteiger partial charge in [0.25, 0.3) is 6.29 Å². The van der Waals surface area contributed by atoms with E-state index >= 15 is 0 Å². The van der Waals surface area contributed by atoms with Crippen LogP contribution in [-0.4, -0.2) is 34.1 Å². The molecule has 2 N–H and O–H groups in total. The number of carbonyl (C=O) groups excluding carboxylic acids is 2. The van der Waals surface area contributed by atoms with Crippen LogP contribution in [0.2, 0.25) is 0 Å². The van der Waals surface area contributed by atoms with E-state index in [1.165, 1.54) is 12.1 Å². The maximum absolute atomic E-state index is 12.7. The molecule has 0 radical (unpaired) electrons. The second-order valence-corrected chi connectivity index (χ2v) is 6.74. The van der Waals surface area contributed by atoms with Crippen molar-refractivity contribution in [3.8, 4) is 0 Å². The maximum Gasteiger partial charge on any atom is 0.326 e. The highest BCUT2D eigenvalue weighted by Gasteiger charge is 2.48. The highest BCUT2D eigenvalue weighted by Crippen LogP contribution is 2.35. The standard InChI is InChI=1S/C21H28O8/c1-5-20(6-2,16(22)23)18(26)28-15(14-12-10-9-11-13-14)29-19(27)21(7-3,8-4)17(24)25/h9-13,15H,5-8H2,1-4H3,(H,22,23)(H,24,25). The summed E-state index contributed by atoms with van der Waals surface area (Å²) in [5.74, 6) is -4.78. The lowest BCUT2D eigenvalue weighted by Gasteiger charge is -2.30. The smallest absolute Gasteiger partial charge is 0.326 e. The number of rotatable bonds is 11. The van der Waals surface area contributed by atoms with Crippen molar-refractivity contribution in [3.63, 3.8) is 0 Å². The first-order valence-corrected chi connectivity index (χ1v) is 9.59. The van der Waals surface area contributed by atoms with Crippen LogP contribution in [0.5, 0.6) is 0 Å². The molecule has 0 unspecified atom stereocenters. The van der Waals surface area contributed by atoms with E-state index in [0.29, 0.717) is 0 Å². The minimum absolute atomic E-state index is 0.0178. The first-order valence-electron chi connectivity index (χ1n) is 9.59. The molecule has 8 heteroatoms. The van der Waals surface area contributed by atoms with E-state index in [-0.39, 0.29) is 31.2 Å². The van der Waals surface area contributed by atoms with Crippen LogP contribution in [0, 0.1) is 10.8 Å². The minimum atomic E-state index is -1.79. The summed E-state index contributed by atoms with van der Waals surface area (Å²) in [6, 6.07) is 8.01. The zero-order chi connectivity index (χ0) is 22.2. The lowest BCUT2D eigenvalue weighted by Crippen LogP contribution is -2.43. The molecular weight excluding hydrogens is 380 g/mol. The SMILES string of the molecule is CCC(CC)(C(=O)O)C(=O)OC(OC(=O)C(CC)(CC)C(=O)O)c1ccccc1. The van der Waals surface area contributed by atoms with Crippen LogP contribution in [0.25, 0.3) is 0 Å². The largest absolute Gasteiger partial charge is 0.480 e. The molecule has 1 rings (SSSR count). The summed E-state index contributed by atoms with van der Waals surface area (Å²) in [6.45, 7) is 6.19. The third kappa shape index (κ3) is 4.75. The van der Waals surface area contributed by atoms with Crippen molar-refractivity contribution in [1.29, 1.82) is 0 Å². The number of carboxylic acid groups (broad SMARTS) is 2. The van der Waals surface area contributed by atoms with E-state index in [1.54, 1.807) is 45.9 Å². The molecule has 0 aliphatic heterocycles. The summed E-state index contributed by atoms with van der Waals surface area (Å²) in [5, 5.41) is 19.1. The number of aliphatic carboxylic acids is 2. The molecule has 0 heterocycles. The minimum Gasteiger partial charge on any atom is -0.480 e. The van der Waals surface area contributed by atoms with Gasteiger partial charge >= 0.3 is 23.9 Å². The van der Waals surface area contributed by atoms with Crippen molar-refractivity contribution in [1.82, 2.24) is 0 Å². The first-order chi connectivity index (χ1) is 13.6. The van der Waals surface area contributed by atoms with Gasteiger partial charge < -0.3 is 19.7 Å². The van der Waals surface area contributed by atoms with Crippen molar-refractivity contribution < 1.29 is 38.9 Å². The predicted molar refractivity (Wildman–Crippen MR) is 103 cm³/mol. The van der Waals surface area contributed by atoms with Crippen LogP contribution in [0.15, 0.2) is 30.3 Å². The van der Waals surface area contributed by atoms with Gasteiger partial charge in [0.15, 0.2) is 10.8 Å². The second-order valence-electron chi connectivity index (χ2n) is 6.74. The number of carboxylic acids is 2. The monoisotopic (exact) mass is 408 g/mol. The fourth-order valence-electron chi connectivity index (χ4n) is 3.05. The Hall–Kier alpha value is -2.90. The van der Waals surface area contributed by atoms with Crippen molar-refractivity contribution >= 4 is 23.9 Å². The molecule has 0 saturated heterocycles. The Labute approximate surface area is 169 Å². The van der Waals surface area contributed by atoms with Crippen molar-refractivity contribution in [2.24, 2.45) is 10.8 Å². The third-order valence-electron chi connectivity index (χ3n) is 5.51. The number of esters is 2. The summed E-state index contributed by atoms with van der Waals surface area (Å²) in [6.07, 6.45) is -1.64. The molecule has 1 aromatic carbocycles.